The molecule has 1 aliphatic rings. The molecule has 108 valence electrons. The average Bonchev–Trinajstić information content (AvgIpc) is 2.37. The number of phenols is 1. The second kappa shape index (κ2) is 5.94. The van der Waals surface area contributed by atoms with E-state index in [9.17, 15) is 14.7 Å². The van der Waals surface area contributed by atoms with Crippen LogP contribution in [0.3, 0.4) is 0 Å². The first-order valence-corrected chi connectivity index (χ1v) is 6.81. The number of piperazine rings is 1. The predicted molar refractivity (Wildman–Crippen MR) is 74.9 cm³/mol. The number of hydrogen-bond acceptors (Lipinski definition) is 3. The van der Waals surface area contributed by atoms with Gasteiger partial charge in [-0.2, -0.15) is 0 Å². The van der Waals surface area contributed by atoms with Crippen molar-refractivity contribution < 1.29 is 14.7 Å². The highest BCUT2D eigenvalue weighted by Crippen LogP contribution is 2.16. The molecule has 0 aromatic heterocycles. The lowest BCUT2D eigenvalue weighted by Gasteiger charge is -2.33. The highest BCUT2D eigenvalue weighted by molar-refractivity contribution is 5.94. The largest absolute Gasteiger partial charge is 0.508 e. The zero-order valence-corrected chi connectivity index (χ0v) is 11.8. The van der Waals surface area contributed by atoms with E-state index in [1.807, 2.05) is 13.8 Å². The zero-order valence-electron chi connectivity index (χ0n) is 11.8. The van der Waals surface area contributed by atoms with Gasteiger partial charge in [-0.05, 0) is 30.0 Å². The van der Waals surface area contributed by atoms with Crippen molar-refractivity contribution >= 4 is 11.8 Å². The Hall–Kier alpha value is -2.04. The van der Waals surface area contributed by atoms with Gasteiger partial charge in [-0.15, -0.1) is 0 Å². The van der Waals surface area contributed by atoms with Gasteiger partial charge in [0.05, 0.1) is 6.54 Å². The lowest BCUT2D eigenvalue weighted by atomic mass is 10.0. The molecule has 5 heteroatoms. The minimum absolute atomic E-state index is 0.0358. The number of phenolic OH excluding ortho intramolecular Hbond substituents is 1. The summed E-state index contributed by atoms with van der Waals surface area (Å²) in [5.41, 5.74) is 0.897. The van der Waals surface area contributed by atoms with E-state index in [1.165, 1.54) is 0 Å². The molecule has 1 fully saturated rings. The predicted octanol–water partition coefficient (Wildman–Crippen LogP) is 1.27. The van der Waals surface area contributed by atoms with Crippen LogP contribution in [-0.4, -0.2) is 34.4 Å². The maximum absolute atomic E-state index is 12.3. The number of carbonyl (C=O) groups excluding carboxylic acids is 2. The van der Waals surface area contributed by atoms with Gasteiger partial charge in [0.1, 0.15) is 11.8 Å². The van der Waals surface area contributed by atoms with Gasteiger partial charge in [0.15, 0.2) is 0 Å². The number of benzene rings is 1. The van der Waals surface area contributed by atoms with E-state index in [1.54, 1.807) is 29.2 Å². The Morgan fingerprint density at radius 1 is 1.30 bits per heavy atom. The topological polar surface area (TPSA) is 69.6 Å². The molecule has 5 nitrogen and oxygen atoms in total. The fourth-order valence-electron chi connectivity index (χ4n) is 2.36. The summed E-state index contributed by atoms with van der Waals surface area (Å²) >= 11 is 0. The highest BCUT2D eigenvalue weighted by Gasteiger charge is 2.32. The molecule has 1 aromatic carbocycles. The van der Waals surface area contributed by atoms with E-state index in [2.05, 4.69) is 5.32 Å². The summed E-state index contributed by atoms with van der Waals surface area (Å²) in [6.45, 7) is 4.53. The number of amides is 2. The molecule has 0 saturated carbocycles. The van der Waals surface area contributed by atoms with E-state index in [0.717, 1.165) is 5.56 Å². The van der Waals surface area contributed by atoms with Crippen molar-refractivity contribution in [3.05, 3.63) is 29.8 Å². The van der Waals surface area contributed by atoms with E-state index in [0.29, 0.717) is 18.9 Å². The Bertz CT molecular complexity index is 496. The van der Waals surface area contributed by atoms with Crippen LogP contribution in [0.4, 0.5) is 0 Å². The van der Waals surface area contributed by atoms with Gasteiger partial charge >= 0.3 is 0 Å². The molecule has 1 saturated heterocycles. The number of nitrogens with one attached hydrogen (secondary N) is 1. The average molecular weight is 276 g/mol. The third kappa shape index (κ3) is 3.50. The minimum Gasteiger partial charge on any atom is -0.508 e. The van der Waals surface area contributed by atoms with Crippen molar-refractivity contribution in [3.8, 4) is 5.75 Å². The summed E-state index contributed by atoms with van der Waals surface area (Å²) in [6.07, 6.45) is 0.649. The quantitative estimate of drug-likeness (QED) is 0.870. The lowest BCUT2D eigenvalue weighted by Crippen LogP contribution is -2.57. The molecule has 1 aromatic rings. The van der Waals surface area contributed by atoms with Crippen molar-refractivity contribution in [1.82, 2.24) is 10.2 Å². The Kier molecular flexibility index (Phi) is 4.27. The zero-order chi connectivity index (χ0) is 14.7. The first-order valence-electron chi connectivity index (χ1n) is 6.81. The molecule has 1 unspecified atom stereocenters. The summed E-state index contributed by atoms with van der Waals surface area (Å²) in [4.78, 5) is 25.6. The maximum atomic E-state index is 12.3. The molecule has 1 atom stereocenters. The molecular weight excluding hydrogens is 256 g/mol. The molecule has 2 rings (SSSR count). The summed E-state index contributed by atoms with van der Waals surface area (Å²) in [5.74, 6) is 0.382. The molecule has 0 aliphatic carbocycles. The van der Waals surface area contributed by atoms with Gasteiger partial charge < -0.3 is 15.3 Å². The molecule has 0 spiro atoms. The third-order valence-electron chi connectivity index (χ3n) is 3.30. The second-order valence-corrected chi connectivity index (χ2v) is 5.61. The van der Waals surface area contributed by atoms with Crippen LogP contribution in [0.5, 0.6) is 5.75 Å². The maximum Gasteiger partial charge on any atom is 0.245 e. The molecule has 2 amide bonds. The first kappa shape index (κ1) is 14.4. The lowest BCUT2D eigenvalue weighted by molar-refractivity contribution is -0.145. The first-order chi connectivity index (χ1) is 9.45. The van der Waals surface area contributed by atoms with Crippen LogP contribution in [0.2, 0.25) is 0 Å². The van der Waals surface area contributed by atoms with Gasteiger partial charge in [0, 0.05) is 6.54 Å². The van der Waals surface area contributed by atoms with Gasteiger partial charge in [-0.25, -0.2) is 0 Å². The second-order valence-electron chi connectivity index (χ2n) is 5.61. The van der Waals surface area contributed by atoms with E-state index < -0.39 is 6.04 Å². The van der Waals surface area contributed by atoms with E-state index in [4.69, 9.17) is 0 Å². The van der Waals surface area contributed by atoms with Crippen LogP contribution in [-0.2, 0) is 16.1 Å². The SMILES string of the molecule is CC(C)CC1NC(=O)CN(Cc2ccc(O)cc2)C1=O. The highest BCUT2D eigenvalue weighted by atomic mass is 16.3. The molecule has 20 heavy (non-hydrogen) atoms. The van der Waals surface area contributed by atoms with E-state index in [-0.39, 0.29) is 24.1 Å². The summed E-state index contributed by atoms with van der Waals surface area (Å²) in [7, 11) is 0. The summed E-state index contributed by atoms with van der Waals surface area (Å²) in [5, 5.41) is 12.0. The van der Waals surface area contributed by atoms with Crippen molar-refractivity contribution in [2.24, 2.45) is 5.92 Å². The monoisotopic (exact) mass is 276 g/mol. The fourth-order valence-corrected chi connectivity index (χ4v) is 2.36. The van der Waals surface area contributed by atoms with Crippen LogP contribution >= 0.6 is 0 Å². The van der Waals surface area contributed by atoms with E-state index >= 15 is 0 Å². The summed E-state index contributed by atoms with van der Waals surface area (Å²) < 4.78 is 0. The van der Waals surface area contributed by atoms with Crippen molar-refractivity contribution in [1.29, 1.82) is 0 Å². The number of rotatable bonds is 4. The van der Waals surface area contributed by atoms with Crippen molar-refractivity contribution in [3.63, 3.8) is 0 Å². The molecule has 1 aliphatic heterocycles. The minimum atomic E-state index is -0.423. The molecule has 0 bridgehead atoms. The van der Waals surface area contributed by atoms with Crippen molar-refractivity contribution in [2.75, 3.05) is 6.54 Å². The molecular formula is C15H20N2O3. The number of hydrogen-bond donors (Lipinski definition) is 2. The van der Waals surface area contributed by atoms with Gasteiger partial charge in [0.25, 0.3) is 0 Å². The van der Waals surface area contributed by atoms with Crippen LogP contribution in [0.25, 0.3) is 0 Å². The van der Waals surface area contributed by atoms with Crippen LogP contribution in [0, 0.1) is 5.92 Å². The normalized spacial score (nSPS) is 19.4. The van der Waals surface area contributed by atoms with Gasteiger partial charge in [-0.1, -0.05) is 26.0 Å². The Morgan fingerprint density at radius 2 is 1.95 bits per heavy atom. The number of aromatic hydroxyl groups is 1. The Morgan fingerprint density at radius 3 is 2.55 bits per heavy atom. The van der Waals surface area contributed by atoms with Crippen LogP contribution in [0.15, 0.2) is 24.3 Å². The smallest absolute Gasteiger partial charge is 0.245 e. The van der Waals surface area contributed by atoms with Gasteiger partial charge in [-0.3, -0.25) is 9.59 Å². The molecule has 1 heterocycles. The number of nitrogens with zero attached hydrogens (tertiary/aromatic N) is 1. The number of carbonyl (C=O) groups is 2. The Balaban J connectivity index is 2.07. The fraction of sp³-hybridized carbons (Fsp3) is 0.467. The van der Waals surface area contributed by atoms with Crippen LogP contribution in [0.1, 0.15) is 25.8 Å². The van der Waals surface area contributed by atoms with Crippen LogP contribution < -0.4 is 5.32 Å². The van der Waals surface area contributed by atoms with Gasteiger partial charge in [0.2, 0.25) is 11.8 Å². The summed E-state index contributed by atoms with van der Waals surface area (Å²) in [6, 6.07) is 6.25. The Labute approximate surface area is 118 Å². The molecule has 0 radical (unpaired) electrons. The third-order valence-corrected chi connectivity index (χ3v) is 3.30. The standard InChI is InChI=1S/C15H20N2O3/c1-10(2)7-13-15(20)17(9-14(19)16-13)8-11-3-5-12(18)6-4-11/h3-6,10,13,18H,7-9H2,1-2H3,(H,16,19). The van der Waals surface area contributed by atoms with Crippen molar-refractivity contribution in [2.45, 2.75) is 32.9 Å². The molecule has 2 N–H and O–H groups in total.